The molecule has 0 heterocycles. The van der Waals surface area contributed by atoms with E-state index < -0.39 is 28.5 Å². The minimum atomic E-state index is -3.82. The Morgan fingerprint density at radius 1 is 1.06 bits per heavy atom. The monoisotopic (exact) mass is 485 g/mol. The molecule has 0 aromatic heterocycles. The second-order valence-corrected chi connectivity index (χ2v) is 9.66. The maximum Gasteiger partial charge on any atom is 0.244 e. The summed E-state index contributed by atoms with van der Waals surface area (Å²) in [6.45, 7) is 1.40. The summed E-state index contributed by atoms with van der Waals surface area (Å²) in [5.41, 5.74) is 0.947. The number of nitrogens with one attached hydrogen (secondary N) is 1. The van der Waals surface area contributed by atoms with Crippen LogP contribution in [0.25, 0.3) is 0 Å². The minimum Gasteiger partial charge on any atom is -0.357 e. The van der Waals surface area contributed by atoms with E-state index in [1.807, 2.05) is 0 Å². The van der Waals surface area contributed by atoms with Crippen molar-refractivity contribution in [2.45, 2.75) is 25.9 Å². The van der Waals surface area contributed by atoms with Crippen LogP contribution in [0.4, 0.5) is 5.69 Å². The number of nitrogens with zero attached hydrogens (tertiary/aromatic N) is 2. The highest BCUT2D eigenvalue weighted by Crippen LogP contribution is 2.27. The van der Waals surface area contributed by atoms with E-state index >= 15 is 0 Å². The van der Waals surface area contributed by atoms with Gasteiger partial charge >= 0.3 is 0 Å². The number of amides is 2. The SMILES string of the molecule is CC[C@H](C(=O)NC)N(Cc1ccc(Cl)cc1)C(=O)CN(c1ccccc1Cl)S(C)(=O)=O. The Morgan fingerprint density at radius 2 is 1.68 bits per heavy atom. The van der Waals surface area contributed by atoms with Crippen LogP contribution >= 0.6 is 23.2 Å². The first kappa shape index (κ1) is 25.0. The lowest BCUT2D eigenvalue weighted by Gasteiger charge is -2.32. The number of benzene rings is 2. The van der Waals surface area contributed by atoms with E-state index in [0.29, 0.717) is 11.4 Å². The molecule has 0 aliphatic heterocycles. The summed E-state index contributed by atoms with van der Waals surface area (Å²) in [6, 6.07) is 12.5. The zero-order valence-corrected chi connectivity index (χ0v) is 19.8. The predicted molar refractivity (Wildman–Crippen MR) is 124 cm³/mol. The van der Waals surface area contributed by atoms with Crippen LogP contribution in [0.5, 0.6) is 0 Å². The Balaban J connectivity index is 2.43. The van der Waals surface area contributed by atoms with Crippen molar-refractivity contribution < 1.29 is 18.0 Å². The lowest BCUT2D eigenvalue weighted by Crippen LogP contribution is -2.51. The van der Waals surface area contributed by atoms with E-state index in [9.17, 15) is 18.0 Å². The molecule has 0 bridgehead atoms. The summed E-state index contributed by atoms with van der Waals surface area (Å²) in [5, 5.41) is 3.30. The van der Waals surface area contributed by atoms with Crippen LogP contribution in [0, 0.1) is 0 Å². The van der Waals surface area contributed by atoms with Gasteiger partial charge in [-0.25, -0.2) is 8.42 Å². The Kier molecular flexibility index (Phi) is 8.73. The fourth-order valence-electron chi connectivity index (χ4n) is 3.12. The van der Waals surface area contributed by atoms with Crippen molar-refractivity contribution in [2.24, 2.45) is 0 Å². The second kappa shape index (κ2) is 10.8. The number of sulfonamides is 1. The highest BCUT2D eigenvalue weighted by atomic mass is 35.5. The van der Waals surface area contributed by atoms with Crippen LogP contribution in [-0.4, -0.2) is 51.0 Å². The third kappa shape index (κ3) is 6.59. The number of para-hydroxylation sites is 1. The van der Waals surface area contributed by atoms with E-state index in [1.54, 1.807) is 49.4 Å². The fraction of sp³-hybridized carbons (Fsp3) is 0.333. The number of anilines is 1. The van der Waals surface area contributed by atoms with Crippen LogP contribution in [0.3, 0.4) is 0 Å². The number of rotatable bonds is 9. The highest BCUT2D eigenvalue weighted by Gasteiger charge is 2.31. The molecule has 10 heteroatoms. The molecule has 0 spiro atoms. The number of halogens is 2. The number of hydrogen-bond acceptors (Lipinski definition) is 4. The van der Waals surface area contributed by atoms with Crippen molar-refractivity contribution in [3.05, 3.63) is 64.1 Å². The van der Waals surface area contributed by atoms with Gasteiger partial charge < -0.3 is 10.2 Å². The van der Waals surface area contributed by atoms with Crippen LogP contribution in [0.1, 0.15) is 18.9 Å². The van der Waals surface area contributed by atoms with Crippen molar-refractivity contribution >= 4 is 50.7 Å². The summed E-state index contributed by atoms with van der Waals surface area (Å²) in [5.74, 6) is -0.871. The Labute approximate surface area is 193 Å². The first-order valence-electron chi connectivity index (χ1n) is 9.56. The molecule has 168 valence electrons. The normalized spacial score (nSPS) is 12.2. The zero-order valence-electron chi connectivity index (χ0n) is 17.5. The first-order valence-corrected chi connectivity index (χ1v) is 12.2. The van der Waals surface area contributed by atoms with Crippen molar-refractivity contribution in [3.63, 3.8) is 0 Å². The molecule has 2 amide bonds. The summed E-state index contributed by atoms with van der Waals surface area (Å²) < 4.78 is 25.9. The average molecular weight is 486 g/mol. The summed E-state index contributed by atoms with van der Waals surface area (Å²) >= 11 is 12.1. The van der Waals surface area contributed by atoms with E-state index in [2.05, 4.69) is 5.32 Å². The number of hydrogen-bond donors (Lipinski definition) is 1. The average Bonchev–Trinajstić information content (AvgIpc) is 2.72. The van der Waals surface area contributed by atoms with E-state index in [4.69, 9.17) is 23.2 Å². The van der Waals surface area contributed by atoms with Crippen LogP contribution in [0.15, 0.2) is 48.5 Å². The highest BCUT2D eigenvalue weighted by molar-refractivity contribution is 7.92. The van der Waals surface area contributed by atoms with Crippen molar-refractivity contribution in [2.75, 3.05) is 24.2 Å². The van der Waals surface area contributed by atoms with Crippen LogP contribution in [0.2, 0.25) is 10.0 Å². The molecule has 0 saturated heterocycles. The van der Waals surface area contributed by atoms with E-state index in [-0.39, 0.29) is 23.2 Å². The number of likely N-dealkylation sites (N-methyl/N-ethyl adjacent to an activating group) is 1. The molecule has 1 atom stereocenters. The van der Waals surface area contributed by atoms with Gasteiger partial charge in [0, 0.05) is 18.6 Å². The lowest BCUT2D eigenvalue weighted by atomic mass is 10.1. The number of carbonyl (C=O) groups is 2. The van der Waals surface area contributed by atoms with E-state index in [1.165, 1.54) is 18.0 Å². The smallest absolute Gasteiger partial charge is 0.244 e. The Morgan fingerprint density at radius 3 is 2.19 bits per heavy atom. The third-order valence-corrected chi connectivity index (χ3v) is 6.40. The van der Waals surface area contributed by atoms with Crippen LogP contribution < -0.4 is 9.62 Å². The maximum atomic E-state index is 13.3. The Bertz CT molecular complexity index is 1030. The molecule has 0 aliphatic rings. The number of carbonyl (C=O) groups excluding carboxylic acids is 2. The summed E-state index contributed by atoms with van der Waals surface area (Å²) in [4.78, 5) is 27.2. The minimum absolute atomic E-state index is 0.113. The summed E-state index contributed by atoms with van der Waals surface area (Å²) in [7, 11) is -2.33. The van der Waals surface area contributed by atoms with Gasteiger partial charge in [0.2, 0.25) is 21.8 Å². The van der Waals surface area contributed by atoms with E-state index in [0.717, 1.165) is 16.1 Å². The van der Waals surface area contributed by atoms with Crippen molar-refractivity contribution in [1.82, 2.24) is 10.2 Å². The standard InChI is InChI=1S/C21H25Cl2N3O4S/c1-4-18(21(28)24-2)25(13-15-9-11-16(22)12-10-15)20(27)14-26(31(3,29)30)19-8-6-5-7-17(19)23/h5-12,18H,4,13-14H2,1-3H3,(H,24,28)/t18-/m1/s1. The molecule has 2 aromatic carbocycles. The second-order valence-electron chi connectivity index (χ2n) is 6.91. The quantitative estimate of drug-likeness (QED) is 0.589. The largest absolute Gasteiger partial charge is 0.357 e. The van der Waals surface area contributed by atoms with Crippen molar-refractivity contribution in [3.8, 4) is 0 Å². The van der Waals surface area contributed by atoms with Gasteiger partial charge in [0.1, 0.15) is 12.6 Å². The predicted octanol–water partition coefficient (Wildman–Crippen LogP) is 3.31. The molecule has 2 rings (SSSR count). The van der Waals surface area contributed by atoms with Gasteiger partial charge in [0.25, 0.3) is 0 Å². The molecule has 0 unspecified atom stereocenters. The van der Waals surface area contributed by atoms with Gasteiger partial charge in [-0.15, -0.1) is 0 Å². The molecular weight excluding hydrogens is 461 g/mol. The van der Waals surface area contributed by atoms with Gasteiger partial charge in [-0.1, -0.05) is 54.4 Å². The van der Waals surface area contributed by atoms with Gasteiger partial charge in [-0.2, -0.15) is 0 Å². The molecule has 31 heavy (non-hydrogen) atoms. The molecule has 0 fully saturated rings. The van der Waals surface area contributed by atoms with Crippen molar-refractivity contribution in [1.29, 1.82) is 0 Å². The lowest BCUT2D eigenvalue weighted by molar-refractivity contribution is -0.140. The fourth-order valence-corrected chi connectivity index (χ4v) is 4.40. The molecule has 0 radical (unpaired) electrons. The summed E-state index contributed by atoms with van der Waals surface area (Å²) in [6.07, 6.45) is 1.35. The topological polar surface area (TPSA) is 86.8 Å². The Hall–Kier alpha value is -2.29. The van der Waals surface area contributed by atoms with Gasteiger partial charge in [0.05, 0.1) is 17.0 Å². The molecule has 7 nitrogen and oxygen atoms in total. The van der Waals surface area contributed by atoms with Gasteiger partial charge in [-0.3, -0.25) is 13.9 Å². The maximum absolute atomic E-state index is 13.3. The first-order chi connectivity index (χ1) is 14.6. The van der Waals surface area contributed by atoms with Gasteiger partial charge in [-0.05, 0) is 36.2 Å². The third-order valence-electron chi connectivity index (χ3n) is 4.70. The zero-order chi connectivity index (χ0) is 23.2. The molecule has 1 N–H and O–H groups in total. The van der Waals surface area contributed by atoms with Gasteiger partial charge in [0.15, 0.2) is 0 Å². The van der Waals surface area contributed by atoms with Crippen LogP contribution in [-0.2, 0) is 26.2 Å². The molecule has 0 saturated carbocycles. The molecule has 2 aromatic rings. The molecular formula is C21H25Cl2N3O4S. The molecule has 0 aliphatic carbocycles.